The van der Waals surface area contributed by atoms with Crippen LogP contribution < -0.4 is 10.6 Å². The Morgan fingerprint density at radius 3 is 2.69 bits per heavy atom. The number of hydrogen-bond acceptors (Lipinski definition) is 11. The monoisotopic (exact) mass is 604 g/mol. The maximum Gasteiger partial charge on any atom is 0.273 e. The third-order valence-electron chi connectivity index (χ3n) is 5.09. The smallest absolute Gasteiger partial charge is 0.273 e. The molecule has 0 aliphatic heterocycles. The van der Waals surface area contributed by atoms with Crippen LogP contribution >= 0.6 is 46.5 Å². The number of nitro groups is 1. The molecule has 16 heteroatoms. The Morgan fingerprint density at radius 2 is 1.95 bits per heavy atom. The second-order valence-electron chi connectivity index (χ2n) is 7.80. The van der Waals surface area contributed by atoms with Crippen LogP contribution in [0.25, 0.3) is 5.69 Å². The summed E-state index contributed by atoms with van der Waals surface area (Å²) >= 11 is 10.2. The van der Waals surface area contributed by atoms with Crippen LogP contribution in [0.5, 0.6) is 0 Å². The van der Waals surface area contributed by atoms with E-state index in [9.17, 15) is 19.7 Å². The van der Waals surface area contributed by atoms with Crippen molar-refractivity contribution in [3.63, 3.8) is 0 Å². The first-order valence-corrected chi connectivity index (χ1v) is 14.5. The second kappa shape index (κ2) is 13.0. The number of nitrogens with zero attached hydrogens (tertiary/aromatic N) is 6. The average Bonchev–Trinajstić information content (AvgIpc) is 3.52. The number of nitro benzene ring substituents is 1. The Hall–Kier alpha value is -3.53. The van der Waals surface area contributed by atoms with Crippen LogP contribution in [0.4, 0.5) is 10.8 Å². The van der Waals surface area contributed by atoms with Gasteiger partial charge in [-0.2, -0.15) is 0 Å². The number of thioether (sulfide) groups is 2. The molecule has 0 bridgehead atoms. The van der Waals surface area contributed by atoms with Gasteiger partial charge in [0.05, 0.1) is 22.9 Å². The number of benzene rings is 2. The summed E-state index contributed by atoms with van der Waals surface area (Å²) in [5.41, 5.74) is 1.09. The van der Waals surface area contributed by atoms with Crippen molar-refractivity contribution in [2.24, 2.45) is 0 Å². The van der Waals surface area contributed by atoms with E-state index in [-0.39, 0.29) is 29.5 Å². The highest BCUT2D eigenvalue weighted by Crippen LogP contribution is 2.27. The molecular formula is C23H21ClN8O4S3. The van der Waals surface area contributed by atoms with Gasteiger partial charge < -0.3 is 5.32 Å². The van der Waals surface area contributed by atoms with Gasteiger partial charge in [0.15, 0.2) is 15.3 Å². The third-order valence-corrected chi connectivity index (χ3v) is 8.11. The molecule has 0 saturated heterocycles. The van der Waals surface area contributed by atoms with Gasteiger partial charge in [0.25, 0.3) is 11.6 Å². The molecule has 0 unspecified atom stereocenters. The fraction of sp³-hybridized carbons (Fsp3) is 0.217. The topological polar surface area (TPSA) is 158 Å². The Labute approximate surface area is 240 Å². The molecule has 2 aromatic heterocycles. The lowest BCUT2D eigenvalue weighted by Gasteiger charge is -2.11. The van der Waals surface area contributed by atoms with Gasteiger partial charge in [-0.3, -0.25) is 29.6 Å². The zero-order chi connectivity index (χ0) is 27.9. The maximum absolute atomic E-state index is 12.8. The molecular weight excluding hydrogens is 584 g/mol. The van der Waals surface area contributed by atoms with Crippen molar-refractivity contribution in [2.75, 3.05) is 16.8 Å². The zero-order valence-electron chi connectivity index (χ0n) is 20.6. The van der Waals surface area contributed by atoms with E-state index < -0.39 is 10.8 Å². The first-order valence-electron chi connectivity index (χ1n) is 11.4. The van der Waals surface area contributed by atoms with Gasteiger partial charge in [-0.25, -0.2) is 0 Å². The summed E-state index contributed by atoms with van der Waals surface area (Å²) in [4.78, 5) is 36.0. The fourth-order valence-corrected chi connectivity index (χ4v) is 5.94. The number of carbonyl (C=O) groups is 2. The maximum atomic E-state index is 12.8. The van der Waals surface area contributed by atoms with Crippen molar-refractivity contribution in [3.8, 4) is 5.69 Å². The van der Waals surface area contributed by atoms with E-state index in [0.717, 1.165) is 21.9 Å². The van der Waals surface area contributed by atoms with Crippen molar-refractivity contribution in [1.82, 2.24) is 30.3 Å². The molecule has 0 aliphatic carbocycles. The minimum Gasteiger partial charge on any atom is -0.345 e. The van der Waals surface area contributed by atoms with Gasteiger partial charge in [0, 0.05) is 22.2 Å². The first kappa shape index (κ1) is 28.5. The number of aromatic nitrogens is 5. The Kier molecular flexibility index (Phi) is 9.50. The number of carbonyl (C=O) groups excluding carboxylic acids is 2. The van der Waals surface area contributed by atoms with Crippen LogP contribution in [0.2, 0.25) is 5.02 Å². The number of halogens is 1. The summed E-state index contributed by atoms with van der Waals surface area (Å²) in [6.07, 6.45) is 0. The molecule has 12 nitrogen and oxygen atoms in total. The van der Waals surface area contributed by atoms with Gasteiger partial charge >= 0.3 is 0 Å². The number of anilines is 1. The van der Waals surface area contributed by atoms with Crippen molar-refractivity contribution in [1.29, 1.82) is 0 Å². The van der Waals surface area contributed by atoms with E-state index in [1.165, 1.54) is 29.5 Å². The predicted molar refractivity (Wildman–Crippen MR) is 151 cm³/mol. The molecule has 39 heavy (non-hydrogen) atoms. The van der Waals surface area contributed by atoms with E-state index in [4.69, 9.17) is 11.6 Å². The van der Waals surface area contributed by atoms with Crippen LogP contribution in [0.1, 0.15) is 28.7 Å². The minimum absolute atomic E-state index is 0.0218. The molecule has 4 rings (SSSR count). The molecule has 4 aromatic rings. The van der Waals surface area contributed by atoms with E-state index in [2.05, 4.69) is 31.0 Å². The number of rotatable bonds is 11. The number of aryl methyl sites for hydroxylation is 1. The number of hydrogen-bond donors (Lipinski definition) is 2. The Morgan fingerprint density at radius 1 is 1.13 bits per heavy atom. The highest BCUT2D eigenvalue weighted by Gasteiger charge is 2.19. The summed E-state index contributed by atoms with van der Waals surface area (Å²) < 4.78 is 2.45. The van der Waals surface area contributed by atoms with E-state index >= 15 is 0 Å². The lowest BCUT2D eigenvalue weighted by Crippen LogP contribution is -2.25. The van der Waals surface area contributed by atoms with Gasteiger partial charge in [0.1, 0.15) is 0 Å². The quantitative estimate of drug-likeness (QED) is 0.106. The molecule has 0 atom stereocenters. The average molecular weight is 605 g/mol. The first-order chi connectivity index (χ1) is 18.7. The van der Waals surface area contributed by atoms with Gasteiger partial charge in [-0.15, -0.1) is 20.4 Å². The summed E-state index contributed by atoms with van der Waals surface area (Å²) in [5.74, 6) is 0.449. The van der Waals surface area contributed by atoms with Crippen LogP contribution in [-0.4, -0.2) is 53.2 Å². The molecule has 2 heterocycles. The molecule has 0 aliphatic rings. The summed E-state index contributed by atoms with van der Waals surface area (Å²) in [6.45, 7) is 3.57. The molecule has 0 fully saturated rings. The molecule has 2 amide bonds. The SMILES string of the molecule is CCSc1nnc(NC(=O)CSc2nnc(CNC(=O)c3ccc(C)c([N+](=O)[O-])c3)n2-c2cccc(Cl)c2)s1. The lowest BCUT2D eigenvalue weighted by atomic mass is 10.1. The number of amides is 2. The standard InChI is InChI=1S/C23H21ClN8O4S3/c1-3-37-23-30-28-21(39-23)26-19(33)12-38-22-29-27-18(31(22)16-6-4-5-15(24)10-16)11-25-20(34)14-8-7-13(2)17(9-14)32(35)36/h4-10H,3,11-12H2,1-2H3,(H,25,34)(H,26,28,33). The highest BCUT2D eigenvalue weighted by molar-refractivity contribution is 8.01. The Balaban J connectivity index is 1.49. The van der Waals surface area contributed by atoms with Crippen molar-refractivity contribution < 1.29 is 14.5 Å². The second-order valence-corrected chi connectivity index (χ2v) is 11.7. The van der Waals surface area contributed by atoms with Crippen molar-refractivity contribution in [2.45, 2.75) is 29.9 Å². The van der Waals surface area contributed by atoms with Crippen molar-refractivity contribution in [3.05, 3.63) is 74.6 Å². The molecule has 202 valence electrons. The number of nitrogens with one attached hydrogen (secondary N) is 2. The normalized spacial score (nSPS) is 10.8. The summed E-state index contributed by atoms with van der Waals surface area (Å²) in [5, 5.41) is 34.4. The minimum atomic E-state index is -0.532. The summed E-state index contributed by atoms with van der Waals surface area (Å²) in [6, 6.07) is 11.2. The van der Waals surface area contributed by atoms with Crippen LogP contribution in [0.15, 0.2) is 52.0 Å². The van der Waals surface area contributed by atoms with Crippen LogP contribution in [0, 0.1) is 17.0 Å². The van der Waals surface area contributed by atoms with Gasteiger partial charge in [-0.1, -0.05) is 65.5 Å². The van der Waals surface area contributed by atoms with E-state index in [0.29, 0.717) is 32.4 Å². The largest absolute Gasteiger partial charge is 0.345 e. The fourth-order valence-electron chi connectivity index (χ4n) is 3.32. The summed E-state index contributed by atoms with van der Waals surface area (Å²) in [7, 11) is 0. The van der Waals surface area contributed by atoms with Crippen LogP contribution in [-0.2, 0) is 11.3 Å². The molecule has 2 aromatic carbocycles. The zero-order valence-corrected chi connectivity index (χ0v) is 23.8. The molecule has 0 radical (unpaired) electrons. The predicted octanol–water partition coefficient (Wildman–Crippen LogP) is 4.76. The van der Waals surface area contributed by atoms with Crippen molar-refractivity contribution >= 4 is 69.1 Å². The molecule has 2 N–H and O–H groups in total. The van der Waals surface area contributed by atoms with E-state index in [1.54, 1.807) is 47.5 Å². The van der Waals surface area contributed by atoms with Gasteiger partial charge in [0.2, 0.25) is 11.0 Å². The molecule has 0 saturated carbocycles. The van der Waals surface area contributed by atoms with Crippen LogP contribution in [0.3, 0.4) is 0 Å². The van der Waals surface area contributed by atoms with E-state index in [1.807, 2.05) is 6.92 Å². The third kappa shape index (κ3) is 7.32. The molecule has 0 spiro atoms. The Bertz CT molecular complexity index is 1530. The lowest BCUT2D eigenvalue weighted by molar-refractivity contribution is -0.385. The highest BCUT2D eigenvalue weighted by atomic mass is 35.5. The van der Waals surface area contributed by atoms with Gasteiger partial charge in [-0.05, 0) is 36.9 Å².